The minimum atomic E-state index is -1.61. The Kier molecular flexibility index (Phi) is 17.0. The second-order valence-corrected chi connectivity index (χ2v) is 20.4. The minimum absolute atomic E-state index is 0. The van der Waals surface area contributed by atoms with E-state index in [2.05, 4.69) is 41.5 Å². The summed E-state index contributed by atoms with van der Waals surface area (Å²) in [5.41, 5.74) is -0.141. The number of hydrogen-bond acceptors (Lipinski definition) is 13. The van der Waals surface area contributed by atoms with Gasteiger partial charge in [0.15, 0.2) is 29.4 Å². The summed E-state index contributed by atoms with van der Waals surface area (Å²) in [6.07, 6.45) is 6.53. The molecule has 14 heteroatoms. The number of aliphatic hydroxyl groups excluding tert-OH is 1. The van der Waals surface area contributed by atoms with Crippen molar-refractivity contribution in [3.8, 4) is 0 Å². The van der Waals surface area contributed by atoms with Crippen LogP contribution in [-0.2, 0) is 47.5 Å². The van der Waals surface area contributed by atoms with Crippen LogP contribution < -0.4 is 34.7 Å². The number of methoxy groups -OCH3 is 1. The van der Waals surface area contributed by atoms with Crippen molar-refractivity contribution in [2.24, 2.45) is 47.3 Å². The quantitative estimate of drug-likeness (QED) is 0.205. The van der Waals surface area contributed by atoms with Gasteiger partial charge >= 0.3 is 29.6 Å². The fourth-order valence-corrected chi connectivity index (χ4v) is 11.7. The van der Waals surface area contributed by atoms with Gasteiger partial charge in [-0.05, 0) is 83.1 Å². The van der Waals surface area contributed by atoms with Gasteiger partial charge in [-0.3, -0.25) is 4.79 Å². The number of ketones is 1. The van der Waals surface area contributed by atoms with Crippen LogP contribution in [0.25, 0.3) is 0 Å². The van der Waals surface area contributed by atoms with Gasteiger partial charge in [-0.15, -0.1) is 0 Å². The molecule has 61 heavy (non-hydrogen) atoms. The Morgan fingerprint density at radius 2 is 1.57 bits per heavy atom. The SMILES string of the molecule is CO[C@H]1CC[C@H](O[C@@H]2C[C@@H]([C@@H](C)/C=C(\C)C(=O)[C@H](C)C[C@H](C)C(=O)[O-])O[C@@]3(CC[C@@](C)([C@H]4CC[C@@H](C)C5(O[C@@H]([C@H]6O[C@@](O)(CO)[C@H](C)C[C@@H]6C)C[C@@H]5C)O4)O3)[C@@H]2C)O[C@@H]1C.[Na+]. The smallest absolute Gasteiger partial charge is 0.550 e. The van der Waals surface area contributed by atoms with Gasteiger partial charge in [-0.2, -0.15) is 0 Å². The summed E-state index contributed by atoms with van der Waals surface area (Å²) in [4.78, 5) is 24.9. The van der Waals surface area contributed by atoms with Gasteiger partial charge in [-0.25, -0.2) is 0 Å². The van der Waals surface area contributed by atoms with Crippen LogP contribution in [0.1, 0.15) is 140 Å². The largest absolute Gasteiger partial charge is 1.00 e. The van der Waals surface area contributed by atoms with Crippen LogP contribution >= 0.6 is 0 Å². The third kappa shape index (κ3) is 10.4. The first-order valence-electron chi connectivity index (χ1n) is 23.1. The zero-order valence-corrected chi connectivity index (χ0v) is 41.5. The van der Waals surface area contributed by atoms with Crippen molar-refractivity contribution in [3.63, 3.8) is 0 Å². The van der Waals surface area contributed by atoms with Crippen molar-refractivity contribution in [1.82, 2.24) is 0 Å². The molecular formula is C47H77NaO13. The Morgan fingerprint density at radius 1 is 0.869 bits per heavy atom. The fraction of sp³-hybridized carbons (Fsp3) is 0.915. The Labute approximate surface area is 387 Å². The first-order chi connectivity index (χ1) is 28.1. The van der Waals surface area contributed by atoms with Gasteiger partial charge in [0.05, 0.1) is 54.9 Å². The molecule has 6 aliphatic rings. The van der Waals surface area contributed by atoms with Gasteiger partial charge in [0.1, 0.15) is 0 Å². The second kappa shape index (κ2) is 20.1. The standard InChI is InChI=1S/C47H78O13.Na/c1-25(19-26(2)41(49)27(3)20-29(5)43(50)51)36-23-37(55-40-16-14-35(53-12)34(10)54-40)33(9)46(56-36)18-17-44(11,60-46)39-15-13-30(6)47(58-39)32(8)22-38(57-47)42-28(4)21-31(7)45(52,24-48)59-42;/h19,25,27-40,42,48,52H,13-18,20-24H2,1-12H3,(H,50,51);/q;+1/p-1/b26-19+;/t25-,27+,28-,29-,30+,31+,32-,33+,34+,35-,36-,37+,38+,39+,40-,42-,44-,45-,46+,47?;/m0./s1. The van der Waals surface area contributed by atoms with E-state index in [1.54, 1.807) is 27.9 Å². The molecule has 2 spiro atoms. The van der Waals surface area contributed by atoms with Crippen LogP contribution in [0.5, 0.6) is 0 Å². The summed E-state index contributed by atoms with van der Waals surface area (Å²) in [5.74, 6) is -6.20. The van der Waals surface area contributed by atoms with Crippen molar-refractivity contribution < 1.29 is 92.4 Å². The van der Waals surface area contributed by atoms with E-state index in [9.17, 15) is 24.9 Å². The van der Waals surface area contributed by atoms with Crippen LogP contribution in [0.2, 0.25) is 0 Å². The summed E-state index contributed by atoms with van der Waals surface area (Å²) >= 11 is 0. The molecule has 6 saturated heterocycles. The normalized spacial score (nSPS) is 47.2. The average Bonchev–Trinajstić information content (AvgIpc) is 3.72. The number of carbonyl (C=O) groups excluding carboxylic acids is 2. The molecule has 0 radical (unpaired) electrons. The van der Waals surface area contributed by atoms with Crippen molar-refractivity contribution in [2.45, 2.75) is 212 Å². The number of Topliss-reactive ketones (excluding diaryl/α,β-unsaturated/α-hetero) is 1. The predicted octanol–water partition coefficient (Wildman–Crippen LogP) is 2.85. The molecule has 0 aromatic carbocycles. The molecule has 20 atom stereocenters. The summed E-state index contributed by atoms with van der Waals surface area (Å²) in [6, 6.07) is 0. The summed E-state index contributed by atoms with van der Waals surface area (Å²) in [5, 5.41) is 32.7. The van der Waals surface area contributed by atoms with Crippen molar-refractivity contribution in [2.75, 3.05) is 13.7 Å². The zero-order chi connectivity index (χ0) is 44.1. The van der Waals surface area contributed by atoms with Crippen LogP contribution in [0.4, 0.5) is 0 Å². The van der Waals surface area contributed by atoms with Crippen LogP contribution in [0.3, 0.4) is 0 Å². The topological polar surface area (TPSA) is 171 Å². The van der Waals surface area contributed by atoms with E-state index in [1.807, 2.05) is 19.9 Å². The minimum Gasteiger partial charge on any atom is -0.550 e. The van der Waals surface area contributed by atoms with Gasteiger partial charge in [0.25, 0.3) is 0 Å². The van der Waals surface area contributed by atoms with E-state index in [4.69, 9.17) is 37.9 Å². The molecule has 0 aliphatic carbocycles. The molecule has 0 saturated carbocycles. The van der Waals surface area contributed by atoms with Crippen LogP contribution in [-0.4, -0.2) is 108 Å². The Morgan fingerprint density at radius 3 is 2.21 bits per heavy atom. The maximum Gasteiger partial charge on any atom is 1.00 e. The zero-order valence-electron chi connectivity index (χ0n) is 39.5. The summed E-state index contributed by atoms with van der Waals surface area (Å²) in [7, 11) is 1.71. The van der Waals surface area contributed by atoms with Crippen molar-refractivity contribution in [3.05, 3.63) is 11.6 Å². The molecule has 0 amide bonds. The van der Waals surface area contributed by atoms with Crippen molar-refractivity contribution in [1.29, 1.82) is 0 Å². The van der Waals surface area contributed by atoms with Crippen LogP contribution in [0, 0.1) is 47.3 Å². The molecular weight excluding hydrogens is 795 g/mol. The molecule has 2 N–H and O–H groups in total. The van der Waals surface area contributed by atoms with E-state index in [1.165, 1.54) is 0 Å². The van der Waals surface area contributed by atoms with Gasteiger partial charge in [0, 0.05) is 67.8 Å². The fourth-order valence-electron chi connectivity index (χ4n) is 11.7. The summed E-state index contributed by atoms with van der Waals surface area (Å²) in [6.45, 7) is 21.4. The van der Waals surface area contributed by atoms with E-state index < -0.39 is 53.7 Å². The Bertz CT molecular complexity index is 1550. The van der Waals surface area contributed by atoms with Crippen molar-refractivity contribution >= 4 is 11.8 Å². The molecule has 6 heterocycles. The number of carboxylic acid groups (broad SMARTS) is 1. The van der Waals surface area contributed by atoms with Gasteiger partial charge < -0.3 is 58.0 Å². The predicted molar refractivity (Wildman–Crippen MR) is 220 cm³/mol. The number of carbonyl (C=O) groups is 2. The molecule has 0 aromatic heterocycles. The number of allylic oxidation sites excluding steroid dienone is 1. The maximum absolute atomic E-state index is 13.5. The first kappa shape index (κ1) is 51.5. The second-order valence-electron chi connectivity index (χ2n) is 20.4. The number of aliphatic hydroxyl groups is 2. The van der Waals surface area contributed by atoms with Crippen LogP contribution in [0.15, 0.2) is 11.6 Å². The molecule has 6 rings (SSSR count). The molecule has 0 aromatic rings. The molecule has 1 unspecified atom stereocenters. The molecule has 6 fully saturated rings. The first-order valence-corrected chi connectivity index (χ1v) is 23.1. The number of hydrogen-bond donors (Lipinski definition) is 2. The Hall–Kier alpha value is -0.520. The maximum atomic E-state index is 13.5. The average molecular weight is 873 g/mol. The summed E-state index contributed by atoms with van der Waals surface area (Å²) < 4.78 is 53.9. The number of ether oxygens (including phenoxy) is 8. The third-order valence-electron chi connectivity index (χ3n) is 15.8. The molecule has 6 aliphatic heterocycles. The third-order valence-corrected chi connectivity index (χ3v) is 15.8. The van der Waals surface area contributed by atoms with E-state index >= 15 is 0 Å². The molecule has 0 bridgehead atoms. The van der Waals surface area contributed by atoms with E-state index in [-0.39, 0.29) is 120 Å². The molecule has 13 nitrogen and oxygen atoms in total. The number of rotatable bonds is 13. The van der Waals surface area contributed by atoms with E-state index in [0.717, 1.165) is 19.3 Å². The monoisotopic (exact) mass is 873 g/mol. The van der Waals surface area contributed by atoms with Gasteiger partial charge in [0.2, 0.25) is 0 Å². The molecule has 344 valence electrons. The number of aliphatic carboxylic acids is 1. The number of carboxylic acids is 1. The Balaban J connectivity index is 0.00000704. The van der Waals surface area contributed by atoms with Gasteiger partial charge in [-0.1, -0.05) is 61.5 Å². The van der Waals surface area contributed by atoms with E-state index in [0.29, 0.717) is 44.1 Å².